The number of pyridine rings is 3. The summed E-state index contributed by atoms with van der Waals surface area (Å²) in [5, 5.41) is 23.9. The van der Waals surface area contributed by atoms with Crippen molar-refractivity contribution in [3.63, 3.8) is 0 Å². The lowest BCUT2D eigenvalue weighted by Gasteiger charge is -2.30. The van der Waals surface area contributed by atoms with Crippen molar-refractivity contribution in [3.05, 3.63) is 381 Å². The Morgan fingerprint density at radius 3 is 1.01 bits per heavy atom. The summed E-state index contributed by atoms with van der Waals surface area (Å²) < 4.78 is 81.2. The van der Waals surface area contributed by atoms with Gasteiger partial charge in [0.2, 0.25) is 0 Å². The summed E-state index contributed by atoms with van der Waals surface area (Å²) >= 11 is 3.20. The molecular formula is C111H105BBrF3N16O10. The number of H-pyrrole nitrogens is 3. The minimum Gasteiger partial charge on any atom is -0.465 e. The van der Waals surface area contributed by atoms with Gasteiger partial charge in [0.25, 0.3) is 5.91 Å². The second-order valence-corrected chi connectivity index (χ2v) is 37.2. The van der Waals surface area contributed by atoms with E-state index in [0.29, 0.717) is 194 Å². The van der Waals surface area contributed by atoms with E-state index in [1.807, 2.05) is 232 Å². The van der Waals surface area contributed by atoms with E-state index in [0.717, 1.165) is 57.4 Å². The molecule has 6 N–H and O–H groups in total. The summed E-state index contributed by atoms with van der Waals surface area (Å²) in [5.74, 6) is 1.86. The van der Waals surface area contributed by atoms with Crippen molar-refractivity contribution in [2.45, 2.75) is 117 Å². The van der Waals surface area contributed by atoms with Crippen LogP contribution in [-0.2, 0) is 99.4 Å². The molecule has 0 aliphatic carbocycles. The minimum absolute atomic E-state index is 0.175. The van der Waals surface area contributed by atoms with Gasteiger partial charge in [0.1, 0.15) is 51.7 Å². The van der Waals surface area contributed by atoms with Crippen LogP contribution in [-0.4, -0.2) is 135 Å². The lowest BCUT2D eigenvalue weighted by molar-refractivity contribution is -0.0541. The Balaban J connectivity index is 0.000000131. The zero-order chi connectivity index (χ0) is 99.1. The van der Waals surface area contributed by atoms with Crippen LogP contribution in [0.2, 0.25) is 0 Å². The summed E-state index contributed by atoms with van der Waals surface area (Å²) in [6.07, 6.45) is 10.3. The topological polar surface area (TPSA) is 299 Å². The number of fused-ring (bicyclic) bond motifs is 6. The Labute approximate surface area is 827 Å². The molecule has 0 saturated carbocycles. The zero-order valence-corrected chi connectivity index (χ0v) is 81.4. The number of ether oxygens (including phenoxy) is 5. The number of carbonyl (C=O) groups is 3. The molecule has 720 valence electrons. The zero-order valence-electron chi connectivity index (χ0n) is 79.8. The van der Waals surface area contributed by atoms with E-state index in [2.05, 4.69) is 109 Å². The van der Waals surface area contributed by atoms with Crippen molar-refractivity contribution < 1.29 is 61.3 Å². The number of halogens is 4. The number of hydrogen-bond acceptors (Lipinski definition) is 19. The van der Waals surface area contributed by atoms with Gasteiger partial charge in [-0.1, -0.05) is 200 Å². The van der Waals surface area contributed by atoms with Gasteiger partial charge in [-0.2, -0.15) is 0 Å². The van der Waals surface area contributed by atoms with Crippen LogP contribution in [0.1, 0.15) is 123 Å². The molecule has 0 bridgehead atoms. The number of hydrogen-bond donors (Lipinski definition) is 6. The van der Waals surface area contributed by atoms with Crippen LogP contribution in [0.4, 0.5) is 30.6 Å². The Morgan fingerprint density at radius 1 is 0.408 bits per heavy atom. The monoisotopic (exact) mass is 1970 g/mol. The second kappa shape index (κ2) is 42.0. The normalized spacial score (nSPS) is 13.6. The van der Waals surface area contributed by atoms with Crippen LogP contribution >= 0.6 is 15.9 Å². The number of imidazole rings is 3. The van der Waals surface area contributed by atoms with Gasteiger partial charge in [-0.15, -0.1) is 0 Å². The van der Waals surface area contributed by atoms with Crippen molar-refractivity contribution in [1.29, 1.82) is 0 Å². The molecule has 0 atom stereocenters. The molecule has 31 heteroatoms. The predicted octanol–water partition coefficient (Wildman–Crippen LogP) is 20.5. The first kappa shape index (κ1) is 96.9. The van der Waals surface area contributed by atoms with Gasteiger partial charge < -0.3 is 82.4 Å². The maximum atomic E-state index is 16.5. The van der Waals surface area contributed by atoms with Crippen LogP contribution < -0.4 is 25.6 Å². The summed E-state index contributed by atoms with van der Waals surface area (Å²) in [6.45, 7) is 19.2. The van der Waals surface area contributed by atoms with Gasteiger partial charge in [-0.25, -0.2) is 52.7 Å². The van der Waals surface area contributed by atoms with Gasteiger partial charge in [-0.05, 0) is 145 Å². The van der Waals surface area contributed by atoms with E-state index in [1.165, 1.54) is 26.6 Å². The molecule has 3 aliphatic rings. The Morgan fingerprint density at radius 2 is 0.697 bits per heavy atom. The lowest BCUT2D eigenvalue weighted by Crippen LogP contribution is -2.33. The van der Waals surface area contributed by atoms with E-state index < -0.39 is 47.5 Å². The van der Waals surface area contributed by atoms with E-state index >= 15 is 8.78 Å². The van der Waals surface area contributed by atoms with Crippen molar-refractivity contribution in [1.82, 2.24) is 63.9 Å². The highest BCUT2D eigenvalue weighted by molar-refractivity contribution is 9.10. The highest BCUT2D eigenvalue weighted by Crippen LogP contribution is 2.43. The van der Waals surface area contributed by atoms with E-state index in [9.17, 15) is 28.8 Å². The number of nitrogens with zero attached hydrogens (tertiary/aromatic N) is 12. The van der Waals surface area contributed by atoms with Gasteiger partial charge in [0, 0.05) is 164 Å². The average Bonchev–Trinajstić information content (AvgIpc) is 1.61. The molecule has 26 nitrogen and oxygen atoms in total. The van der Waals surface area contributed by atoms with E-state index in [1.54, 1.807) is 61.8 Å². The molecule has 21 rings (SSSR count). The van der Waals surface area contributed by atoms with Crippen LogP contribution in [0, 0.1) is 17.5 Å². The maximum Gasteiger partial charge on any atom is 0.505 e. The average molecular weight is 1970 g/mol. The molecule has 18 aromatic rings. The highest BCUT2D eigenvalue weighted by atomic mass is 79.9. The van der Waals surface area contributed by atoms with Crippen molar-refractivity contribution in [2.24, 2.45) is 0 Å². The first-order valence-electron chi connectivity index (χ1n) is 46.7. The van der Waals surface area contributed by atoms with E-state index in [4.69, 9.17) is 43.6 Å². The number of anilines is 3. The summed E-state index contributed by atoms with van der Waals surface area (Å²) in [6, 6.07) is 81.6. The quantitative estimate of drug-likeness (QED) is 0.0242. The molecule has 0 radical (unpaired) electrons. The van der Waals surface area contributed by atoms with Crippen LogP contribution in [0.3, 0.4) is 0 Å². The molecule has 12 heterocycles. The molecule has 1 amide bonds. The van der Waals surface area contributed by atoms with Crippen LogP contribution in [0.25, 0.3) is 89.0 Å². The molecule has 9 aromatic carbocycles. The van der Waals surface area contributed by atoms with Crippen molar-refractivity contribution in [2.75, 3.05) is 55.8 Å². The molecular weight excluding hydrogens is 1870 g/mol. The predicted molar refractivity (Wildman–Crippen MR) is 548 cm³/mol. The number of carbonyl (C=O) groups excluding carboxylic acids is 3. The molecule has 142 heavy (non-hydrogen) atoms. The van der Waals surface area contributed by atoms with Gasteiger partial charge in [0.15, 0.2) is 17.5 Å². The lowest BCUT2D eigenvalue weighted by atomic mass is 9.86. The number of methoxy groups -OCH3 is 2. The smallest absolute Gasteiger partial charge is 0.465 e. The fourth-order valence-electron chi connectivity index (χ4n) is 18.3. The largest absolute Gasteiger partial charge is 0.505 e. The van der Waals surface area contributed by atoms with Gasteiger partial charge in [0.05, 0.1) is 88.8 Å². The number of nitrogens with one attached hydrogen (secondary N) is 4. The number of benzene rings is 9. The fraction of sp³-hybridized carbons (Fsp3) is 0.216. The first-order valence-corrected chi connectivity index (χ1v) is 47.5. The molecule has 0 saturated heterocycles. The fourth-order valence-corrected chi connectivity index (χ4v) is 18.7. The number of aromatic nitrogens is 12. The summed E-state index contributed by atoms with van der Waals surface area (Å²) in [5.41, 5.74) is 12.8. The third-order valence-electron chi connectivity index (χ3n) is 25.4. The molecule has 3 aliphatic heterocycles. The van der Waals surface area contributed by atoms with Crippen molar-refractivity contribution in [3.8, 4) is 56.3 Å². The Hall–Kier alpha value is -15.4. The van der Waals surface area contributed by atoms with Gasteiger partial charge >= 0.3 is 19.1 Å². The minimum atomic E-state index is -1.71. The van der Waals surface area contributed by atoms with Crippen molar-refractivity contribution >= 4 is 96.6 Å². The van der Waals surface area contributed by atoms with Crippen LogP contribution in [0.15, 0.2) is 296 Å². The number of rotatable bonds is 24. The highest BCUT2D eigenvalue weighted by Gasteiger charge is 2.37. The third kappa shape index (κ3) is 20.8. The number of aromatic amines is 3. The number of amides is 1. The maximum absolute atomic E-state index is 16.5. The van der Waals surface area contributed by atoms with E-state index in [-0.39, 0.29) is 22.9 Å². The second-order valence-electron chi connectivity index (χ2n) is 36.3. The Bertz CT molecular complexity index is 7170. The number of esters is 2. The molecule has 9 aromatic heterocycles. The molecule has 0 fully saturated rings. The SMILES string of the molecule is CC1(C)OCCn2cc(-c3cccc(Br)c3F)nc21.CNC(=O)c1cnc(N(Cc2ccccc2)Cc2ccccc2)c2[nH]c(-c3cccc(-c4cn5c(n4)C(C)(C)OCC5)c3F)cc12.COC(=O)c1cnc(N(Cc2ccccc2)Cc2ccccc2)c2[nH]c(-c3cccc(-c4cn5c(n4)C(C)(C)OCC5)c3F)cc12.COC(=O)c1cnc(N(Cc2ccccc2)Cc2ccccc2)c2[nH]c(B(O)O)cc12. The molecule has 0 unspecified atom stereocenters. The first-order chi connectivity index (χ1) is 68.7. The Kier molecular flexibility index (Phi) is 28.6. The molecule has 0 spiro atoms. The standard InChI is InChI=1S/C37H35FN6O2.C37H34FN5O3.C23H22BN3O4.C14H14BrFN2O/c1-37(2)36-42-31(23-43(36)17-18-46-37)27-16-10-15-26(32(27)38)30-19-28-29(35(45)39-3)20-40-34(33(28)41-30)44(21-24-11-6-4-7-12-24)22-25-13-8-5-9-14-25;1-37(2)36-41-31(23-42(36)17-18-46-37)27-16-10-15-26(32(27)38)30-19-28-29(35(44)45-3)20-39-34(33(28)40-30)43(21-24-11-6-4-7-12-24)22-25-13-8-5-9-14-25;1-31-23(28)19-13-25-22(21-18(19)12-20(26-21)24(29)30)27(14-16-8-4-2-5-9-16)15-17-10-6-3-7-11-17;1-14(2)13-17-11(8-18(13)6-7-19-14)9-4-3-5-10(15)12(9)16/h4-16,19-20,23,41H,17-18,21-22H2,1-3H3,(H,39,45);4-16,19-20,23,40H,17-18,21-22H2,1-3H3;2-13,26,29-30H,14-15H2,1H3;3-5,8H,6-7H2,1-2H3. The summed E-state index contributed by atoms with van der Waals surface area (Å²) in [7, 11) is 2.52. The third-order valence-corrected chi connectivity index (χ3v) is 26.0. The summed E-state index contributed by atoms with van der Waals surface area (Å²) in [4.78, 5) is 82.8. The van der Waals surface area contributed by atoms with Crippen LogP contribution in [0.5, 0.6) is 0 Å². The van der Waals surface area contributed by atoms with Gasteiger partial charge in [-0.3, -0.25) is 4.79 Å².